The smallest absolute Gasteiger partial charge is 0.241 e. The Labute approximate surface area is 118 Å². The highest BCUT2D eigenvalue weighted by Gasteiger charge is 2.19. The summed E-state index contributed by atoms with van der Waals surface area (Å²) in [6.07, 6.45) is 0.885. The van der Waals surface area contributed by atoms with Gasteiger partial charge in [0.2, 0.25) is 5.91 Å². The molecule has 2 atom stereocenters. The van der Waals surface area contributed by atoms with Crippen LogP contribution in [0.5, 0.6) is 0 Å². The third-order valence-corrected chi connectivity index (χ3v) is 3.90. The fourth-order valence-electron chi connectivity index (χ4n) is 1.32. The highest BCUT2D eigenvalue weighted by molar-refractivity contribution is 9.11. The van der Waals surface area contributed by atoms with E-state index in [0.717, 1.165) is 21.1 Å². The van der Waals surface area contributed by atoms with Crippen molar-refractivity contribution in [1.29, 1.82) is 0 Å². The number of benzene rings is 1. The lowest BCUT2D eigenvalue weighted by Gasteiger charge is -2.18. The van der Waals surface area contributed by atoms with Crippen molar-refractivity contribution in [2.75, 3.05) is 5.32 Å². The average molecular weight is 364 g/mol. The van der Waals surface area contributed by atoms with Gasteiger partial charge < -0.3 is 11.1 Å². The molecule has 94 valence electrons. The number of carbonyl (C=O) groups is 1. The molecule has 17 heavy (non-hydrogen) atoms. The zero-order valence-electron chi connectivity index (χ0n) is 9.84. The van der Waals surface area contributed by atoms with E-state index in [1.165, 1.54) is 0 Å². The van der Waals surface area contributed by atoms with Crippen molar-refractivity contribution in [3.05, 3.63) is 27.1 Å². The molecule has 0 bridgehead atoms. The van der Waals surface area contributed by atoms with Crippen molar-refractivity contribution < 1.29 is 4.79 Å². The summed E-state index contributed by atoms with van der Waals surface area (Å²) in [6.45, 7) is 3.99. The molecule has 0 saturated carbocycles. The van der Waals surface area contributed by atoms with Crippen molar-refractivity contribution in [2.45, 2.75) is 26.3 Å². The van der Waals surface area contributed by atoms with E-state index in [-0.39, 0.29) is 11.8 Å². The lowest BCUT2D eigenvalue weighted by molar-refractivity contribution is -0.118. The predicted octanol–water partition coefficient (Wildman–Crippen LogP) is 3.52. The topological polar surface area (TPSA) is 55.1 Å². The third kappa shape index (κ3) is 4.08. The van der Waals surface area contributed by atoms with E-state index >= 15 is 0 Å². The molecule has 2 unspecified atom stereocenters. The Bertz CT molecular complexity index is 409. The molecule has 1 rings (SSSR count). The van der Waals surface area contributed by atoms with Crippen LogP contribution in [-0.4, -0.2) is 11.9 Å². The van der Waals surface area contributed by atoms with Gasteiger partial charge in [-0.05, 0) is 40.0 Å². The van der Waals surface area contributed by atoms with Gasteiger partial charge in [0.25, 0.3) is 0 Å². The molecule has 3 nitrogen and oxygen atoms in total. The Hall–Kier alpha value is -0.390. The van der Waals surface area contributed by atoms with Crippen LogP contribution in [0, 0.1) is 5.92 Å². The number of carbonyl (C=O) groups excluding carboxylic acids is 1. The van der Waals surface area contributed by atoms with Crippen LogP contribution < -0.4 is 11.1 Å². The Kier molecular flexibility index (Phi) is 5.62. The Morgan fingerprint density at radius 1 is 1.47 bits per heavy atom. The van der Waals surface area contributed by atoms with Crippen LogP contribution in [0.2, 0.25) is 0 Å². The summed E-state index contributed by atoms with van der Waals surface area (Å²) in [7, 11) is 0. The number of rotatable bonds is 4. The number of hydrogen-bond acceptors (Lipinski definition) is 2. The van der Waals surface area contributed by atoms with Crippen LogP contribution in [0.4, 0.5) is 5.69 Å². The zero-order chi connectivity index (χ0) is 13.0. The van der Waals surface area contributed by atoms with Crippen LogP contribution in [0.3, 0.4) is 0 Å². The van der Waals surface area contributed by atoms with Gasteiger partial charge in [-0.3, -0.25) is 4.79 Å². The summed E-state index contributed by atoms with van der Waals surface area (Å²) in [5.41, 5.74) is 6.60. The maximum Gasteiger partial charge on any atom is 0.241 e. The molecule has 0 spiro atoms. The lowest BCUT2D eigenvalue weighted by Crippen LogP contribution is -2.40. The van der Waals surface area contributed by atoms with Gasteiger partial charge in [-0.15, -0.1) is 0 Å². The van der Waals surface area contributed by atoms with Gasteiger partial charge in [0.15, 0.2) is 0 Å². The number of hydrogen-bond donors (Lipinski definition) is 2. The van der Waals surface area contributed by atoms with Crippen LogP contribution in [0.25, 0.3) is 0 Å². The van der Waals surface area contributed by atoms with Gasteiger partial charge in [-0.25, -0.2) is 0 Å². The van der Waals surface area contributed by atoms with E-state index in [4.69, 9.17) is 5.73 Å². The van der Waals surface area contributed by atoms with E-state index in [1.54, 1.807) is 0 Å². The fraction of sp³-hybridized carbons (Fsp3) is 0.417. The predicted molar refractivity (Wildman–Crippen MR) is 77.9 cm³/mol. The molecule has 0 heterocycles. The van der Waals surface area contributed by atoms with Crippen LogP contribution >= 0.6 is 31.9 Å². The molecule has 0 aliphatic heterocycles. The molecular formula is C12H16Br2N2O. The van der Waals surface area contributed by atoms with E-state index in [9.17, 15) is 4.79 Å². The number of nitrogens with two attached hydrogens (primary N) is 1. The number of amides is 1. The average Bonchev–Trinajstić information content (AvgIpc) is 2.30. The molecule has 0 aliphatic carbocycles. The third-order valence-electron chi connectivity index (χ3n) is 2.75. The second-order valence-corrected chi connectivity index (χ2v) is 5.79. The van der Waals surface area contributed by atoms with E-state index < -0.39 is 6.04 Å². The summed E-state index contributed by atoms with van der Waals surface area (Å²) in [6, 6.07) is 5.10. The largest absolute Gasteiger partial charge is 0.324 e. The summed E-state index contributed by atoms with van der Waals surface area (Å²) in [5, 5.41) is 2.82. The van der Waals surface area contributed by atoms with Gasteiger partial charge in [-0.1, -0.05) is 36.2 Å². The Morgan fingerprint density at radius 3 is 2.65 bits per heavy atom. The molecule has 0 radical (unpaired) electrons. The quantitative estimate of drug-likeness (QED) is 0.859. The van der Waals surface area contributed by atoms with Crippen LogP contribution in [0.15, 0.2) is 27.1 Å². The maximum atomic E-state index is 11.9. The fourth-order valence-corrected chi connectivity index (χ4v) is 2.47. The van der Waals surface area contributed by atoms with Crippen LogP contribution in [0.1, 0.15) is 20.3 Å². The minimum Gasteiger partial charge on any atom is -0.324 e. The molecule has 1 amide bonds. The van der Waals surface area contributed by atoms with Crippen LogP contribution in [-0.2, 0) is 4.79 Å². The minimum absolute atomic E-state index is 0.151. The monoisotopic (exact) mass is 362 g/mol. The Balaban J connectivity index is 2.74. The summed E-state index contributed by atoms with van der Waals surface area (Å²) < 4.78 is 1.78. The molecule has 0 aliphatic rings. The van der Waals surface area contributed by atoms with Crippen molar-refractivity contribution in [2.24, 2.45) is 11.7 Å². The number of halogens is 2. The second-order valence-electron chi connectivity index (χ2n) is 4.02. The van der Waals surface area contributed by atoms with E-state index in [2.05, 4.69) is 37.2 Å². The maximum absolute atomic E-state index is 11.9. The van der Waals surface area contributed by atoms with E-state index in [1.807, 2.05) is 32.0 Å². The van der Waals surface area contributed by atoms with Gasteiger partial charge >= 0.3 is 0 Å². The highest BCUT2D eigenvalue weighted by atomic mass is 79.9. The molecular weight excluding hydrogens is 348 g/mol. The Morgan fingerprint density at radius 2 is 2.12 bits per heavy atom. The first-order chi connectivity index (χ1) is 7.95. The first-order valence-electron chi connectivity index (χ1n) is 5.47. The standard InChI is InChI=1S/C12H16Br2N2O/c1-3-7(2)11(15)12(17)16-10-5-4-8(13)6-9(10)14/h4-7,11H,3,15H2,1-2H3,(H,16,17). The highest BCUT2D eigenvalue weighted by Crippen LogP contribution is 2.26. The second kappa shape index (κ2) is 6.52. The van der Waals surface area contributed by atoms with Gasteiger partial charge in [0.05, 0.1) is 11.7 Å². The van der Waals surface area contributed by atoms with Gasteiger partial charge in [0, 0.05) is 8.95 Å². The zero-order valence-corrected chi connectivity index (χ0v) is 13.0. The molecule has 1 aromatic rings. The molecule has 0 aromatic heterocycles. The molecule has 3 N–H and O–H groups in total. The molecule has 0 fully saturated rings. The SMILES string of the molecule is CCC(C)C(N)C(=O)Nc1ccc(Br)cc1Br. The van der Waals surface area contributed by atoms with Crippen molar-refractivity contribution in [3.8, 4) is 0 Å². The summed E-state index contributed by atoms with van der Waals surface area (Å²) >= 11 is 6.75. The first-order valence-corrected chi connectivity index (χ1v) is 7.05. The number of nitrogens with one attached hydrogen (secondary N) is 1. The molecule has 0 saturated heterocycles. The molecule has 5 heteroatoms. The van der Waals surface area contributed by atoms with Gasteiger partial charge in [0.1, 0.15) is 0 Å². The van der Waals surface area contributed by atoms with Crippen molar-refractivity contribution >= 4 is 43.5 Å². The van der Waals surface area contributed by atoms with Gasteiger partial charge in [-0.2, -0.15) is 0 Å². The van der Waals surface area contributed by atoms with Crippen molar-refractivity contribution in [1.82, 2.24) is 0 Å². The lowest BCUT2D eigenvalue weighted by atomic mass is 9.99. The first kappa shape index (κ1) is 14.7. The normalized spacial score (nSPS) is 14.2. The van der Waals surface area contributed by atoms with Crippen molar-refractivity contribution in [3.63, 3.8) is 0 Å². The number of anilines is 1. The molecule has 1 aromatic carbocycles. The van der Waals surface area contributed by atoms with E-state index in [0.29, 0.717) is 0 Å². The summed E-state index contributed by atoms with van der Waals surface area (Å²) in [5.74, 6) is 0.0200. The minimum atomic E-state index is -0.476. The summed E-state index contributed by atoms with van der Waals surface area (Å²) in [4.78, 5) is 11.9.